The molecule has 0 amide bonds. The third-order valence-electron chi connectivity index (χ3n) is 3.31. The van der Waals surface area contributed by atoms with E-state index in [9.17, 15) is 0 Å². The van der Waals surface area contributed by atoms with Gasteiger partial charge in [-0.15, -0.1) is 0 Å². The van der Waals surface area contributed by atoms with Crippen LogP contribution in [0.4, 0.5) is 0 Å². The molecule has 2 heteroatoms. The van der Waals surface area contributed by atoms with Crippen molar-refractivity contribution in [2.75, 3.05) is 0 Å². The van der Waals surface area contributed by atoms with E-state index in [1.54, 1.807) is 0 Å². The van der Waals surface area contributed by atoms with Crippen LogP contribution in [-0.2, 0) is 0 Å². The fraction of sp³-hybridized carbons (Fsp3) is 0.333. The molecule has 0 saturated heterocycles. The topological polar surface area (TPSA) is 52.0 Å². The highest BCUT2D eigenvalue weighted by molar-refractivity contribution is 5.29. The van der Waals surface area contributed by atoms with Gasteiger partial charge in [-0.1, -0.05) is 61.1 Å². The number of rotatable bonds is 3. The van der Waals surface area contributed by atoms with E-state index < -0.39 is 0 Å². The molecule has 0 aromatic heterocycles. The fourth-order valence-electron chi connectivity index (χ4n) is 2.24. The molecule has 1 aliphatic rings. The van der Waals surface area contributed by atoms with Crippen molar-refractivity contribution in [1.82, 2.24) is 0 Å². The van der Waals surface area contributed by atoms with Crippen molar-refractivity contribution in [2.45, 2.75) is 25.4 Å². The lowest BCUT2D eigenvalue weighted by Gasteiger charge is -2.26. The van der Waals surface area contributed by atoms with Crippen LogP contribution in [0.3, 0.4) is 0 Å². The van der Waals surface area contributed by atoms with Crippen LogP contribution in [0, 0.1) is 5.92 Å². The molecule has 1 aliphatic carbocycles. The van der Waals surface area contributed by atoms with Crippen molar-refractivity contribution in [3.8, 4) is 0 Å². The summed E-state index contributed by atoms with van der Waals surface area (Å²) < 4.78 is 0. The van der Waals surface area contributed by atoms with Gasteiger partial charge in [0.1, 0.15) is 0 Å². The van der Waals surface area contributed by atoms with Gasteiger partial charge in [0.25, 0.3) is 0 Å². The third kappa shape index (κ3) is 2.84. The van der Waals surface area contributed by atoms with E-state index in [-0.39, 0.29) is 12.1 Å². The Bertz CT molecular complexity index is 420. The maximum atomic E-state index is 6.26. The summed E-state index contributed by atoms with van der Waals surface area (Å²) in [4.78, 5) is 0. The second kappa shape index (κ2) is 5.30. The van der Waals surface area contributed by atoms with E-state index in [0.29, 0.717) is 5.92 Å². The largest absolute Gasteiger partial charge is 0.323 e. The smallest absolute Gasteiger partial charge is 0.0487 e. The lowest BCUT2D eigenvalue weighted by molar-refractivity contribution is 0.560. The van der Waals surface area contributed by atoms with Gasteiger partial charge >= 0.3 is 0 Å². The molecule has 4 N–H and O–H groups in total. The molecular formula is C15H20N2. The zero-order valence-corrected chi connectivity index (χ0v) is 10.2. The summed E-state index contributed by atoms with van der Waals surface area (Å²) in [6, 6.07) is 9.84. The zero-order valence-electron chi connectivity index (χ0n) is 10.2. The molecule has 1 aromatic rings. The van der Waals surface area contributed by atoms with Gasteiger partial charge in [-0.2, -0.15) is 0 Å². The lowest BCUT2D eigenvalue weighted by atomic mass is 9.86. The number of hydrogen-bond acceptors (Lipinski definition) is 2. The van der Waals surface area contributed by atoms with Crippen molar-refractivity contribution < 1.29 is 0 Å². The Hall–Kier alpha value is -1.38. The van der Waals surface area contributed by atoms with E-state index in [0.717, 1.165) is 12.0 Å². The summed E-state index contributed by atoms with van der Waals surface area (Å²) in [6.45, 7) is 2.20. The maximum absolute atomic E-state index is 6.26. The lowest BCUT2D eigenvalue weighted by Crippen LogP contribution is -2.36. The summed E-state index contributed by atoms with van der Waals surface area (Å²) in [5, 5.41) is 0. The van der Waals surface area contributed by atoms with Gasteiger partial charge < -0.3 is 11.5 Å². The van der Waals surface area contributed by atoms with E-state index in [2.05, 4.69) is 25.2 Å². The summed E-state index contributed by atoms with van der Waals surface area (Å²) in [7, 11) is 0. The molecule has 90 valence electrons. The van der Waals surface area contributed by atoms with Crippen LogP contribution in [0.2, 0.25) is 0 Å². The predicted octanol–water partition coefficient (Wildman–Crippen LogP) is 2.54. The monoisotopic (exact) mass is 228 g/mol. The standard InChI is InChI=1S/C15H20N2/c1-11-6-5-9-13(10-11)15(17)14(16)12-7-3-2-4-8-12/h2-9,11,14-15H,10,16-17H2,1H3/t11?,14?,15-/m1/s1. The highest BCUT2D eigenvalue weighted by atomic mass is 14.8. The Balaban J connectivity index is 2.13. The fourth-order valence-corrected chi connectivity index (χ4v) is 2.24. The molecule has 0 aliphatic heterocycles. The van der Waals surface area contributed by atoms with Gasteiger partial charge in [-0.05, 0) is 17.9 Å². The summed E-state index contributed by atoms with van der Waals surface area (Å²) in [5.41, 5.74) is 14.8. The average molecular weight is 228 g/mol. The van der Waals surface area contributed by atoms with Crippen LogP contribution in [0.1, 0.15) is 24.9 Å². The van der Waals surface area contributed by atoms with Crippen molar-refractivity contribution in [3.63, 3.8) is 0 Å². The first kappa shape index (κ1) is 12.1. The molecule has 17 heavy (non-hydrogen) atoms. The Morgan fingerprint density at radius 2 is 1.82 bits per heavy atom. The van der Waals surface area contributed by atoms with E-state index >= 15 is 0 Å². The van der Waals surface area contributed by atoms with E-state index in [1.165, 1.54) is 5.57 Å². The molecule has 0 radical (unpaired) electrons. The van der Waals surface area contributed by atoms with E-state index in [1.807, 2.05) is 30.3 Å². The normalized spacial score (nSPS) is 23.0. The molecule has 2 nitrogen and oxygen atoms in total. The number of nitrogens with two attached hydrogens (primary N) is 2. The first-order valence-electron chi connectivity index (χ1n) is 6.12. The quantitative estimate of drug-likeness (QED) is 0.835. The van der Waals surface area contributed by atoms with Crippen LogP contribution in [0.5, 0.6) is 0 Å². The van der Waals surface area contributed by atoms with Crippen molar-refractivity contribution >= 4 is 0 Å². The van der Waals surface area contributed by atoms with Gasteiger partial charge in [-0.3, -0.25) is 0 Å². The Morgan fingerprint density at radius 3 is 2.47 bits per heavy atom. The molecule has 0 saturated carbocycles. The van der Waals surface area contributed by atoms with Crippen molar-refractivity contribution in [2.24, 2.45) is 17.4 Å². The Morgan fingerprint density at radius 1 is 1.12 bits per heavy atom. The summed E-state index contributed by atoms with van der Waals surface area (Å²) >= 11 is 0. The molecule has 0 spiro atoms. The maximum Gasteiger partial charge on any atom is 0.0487 e. The Kier molecular flexibility index (Phi) is 3.77. The van der Waals surface area contributed by atoms with E-state index in [4.69, 9.17) is 11.5 Å². The van der Waals surface area contributed by atoms with Gasteiger partial charge in [0.05, 0.1) is 0 Å². The number of allylic oxidation sites excluding steroid dienone is 3. The highest BCUT2D eigenvalue weighted by Gasteiger charge is 2.21. The second-order valence-corrected chi connectivity index (χ2v) is 4.77. The molecule has 2 unspecified atom stereocenters. The van der Waals surface area contributed by atoms with Crippen LogP contribution in [-0.4, -0.2) is 6.04 Å². The van der Waals surface area contributed by atoms with Crippen LogP contribution >= 0.6 is 0 Å². The minimum atomic E-state index is -0.124. The zero-order chi connectivity index (χ0) is 12.3. The SMILES string of the molecule is CC1C=CC=C([C@@H](N)C(N)c2ccccc2)C1. The number of hydrogen-bond donors (Lipinski definition) is 2. The van der Waals surface area contributed by atoms with Crippen LogP contribution < -0.4 is 11.5 Å². The molecule has 1 aromatic carbocycles. The molecule has 2 rings (SSSR count). The predicted molar refractivity (Wildman–Crippen MR) is 72.3 cm³/mol. The highest BCUT2D eigenvalue weighted by Crippen LogP contribution is 2.25. The molecular weight excluding hydrogens is 208 g/mol. The molecule has 3 atom stereocenters. The van der Waals surface area contributed by atoms with Crippen molar-refractivity contribution in [3.05, 3.63) is 59.7 Å². The van der Waals surface area contributed by atoms with Crippen molar-refractivity contribution in [1.29, 1.82) is 0 Å². The molecule has 0 bridgehead atoms. The first-order valence-corrected chi connectivity index (χ1v) is 6.12. The Labute approximate surface area is 103 Å². The van der Waals surface area contributed by atoms with Gasteiger partial charge in [0.2, 0.25) is 0 Å². The second-order valence-electron chi connectivity index (χ2n) is 4.77. The van der Waals surface area contributed by atoms with Gasteiger partial charge in [-0.25, -0.2) is 0 Å². The average Bonchev–Trinajstić information content (AvgIpc) is 2.38. The minimum absolute atomic E-state index is 0.0928. The van der Waals surface area contributed by atoms with Crippen LogP contribution in [0.15, 0.2) is 54.1 Å². The third-order valence-corrected chi connectivity index (χ3v) is 3.31. The van der Waals surface area contributed by atoms with Crippen LogP contribution in [0.25, 0.3) is 0 Å². The molecule has 0 fully saturated rings. The minimum Gasteiger partial charge on any atom is -0.323 e. The first-order chi connectivity index (χ1) is 8.18. The summed E-state index contributed by atoms with van der Waals surface area (Å²) in [6.07, 6.45) is 7.40. The van der Waals surface area contributed by atoms with Gasteiger partial charge in [0.15, 0.2) is 0 Å². The summed E-state index contributed by atoms with van der Waals surface area (Å²) in [5.74, 6) is 0.559. The number of benzene rings is 1. The molecule has 0 heterocycles. The van der Waals surface area contributed by atoms with Gasteiger partial charge in [0, 0.05) is 12.1 Å².